The van der Waals surface area contributed by atoms with E-state index in [2.05, 4.69) is 10.6 Å². The molecule has 0 saturated carbocycles. The van der Waals surface area contributed by atoms with Crippen LogP contribution in [0.2, 0.25) is 5.02 Å². The molecule has 2 amide bonds. The van der Waals surface area contributed by atoms with E-state index in [1.807, 2.05) is 6.07 Å². The minimum atomic E-state index is -0.783. The summed E-state index contributed by atoms with van der Waals surface area (Å²) >= 11 is 6.00. The number of hydrogen-bond acceptors (Lipinski definition) is 4. The average molecular weight is 358 g/mol. The number of rotatable bonds is 5. The summed E-state index contributed by atoms with van der Waals surface area (Å²) in [5.41, 5.74) is 1.32. The number of benzene rings is 2. The average Bonchev–Trinajstić information content (AvgIpc) is 2.57. The molecule has 2 rings (SSSR count). The van der Waals surface area contributed by atoms with Crippen molar-refractivity contribution >= 4 is 34.8 Å². The summed E-state index contributed by atoms with van der Waals surface area (Å²) in [6, 6.07) is 13.3. The molecule has 0 heterocycles. The largest absolute Gasteiger partial charge is 0.481 e. The summed E-state index contributed by atoms with van der Waals surface area (Å²) in [5.74, 6) is -0.213. The number of hydrogen-bond donors (Lipinski definition) is 2. The normalized spacial score (nSPS) is 11.1. The van der Waals surface area contributed by atoms with Crippen molar-refractivity contribution in [3.8, 4) is 11.8 Å². The van der Waals surface area contributed by atoms with E-state index < -0.39 is 6.10 Å². The van der Waals surface area contributed by atoms with Crippen LogP contribution in [0.3, 0.4) is 0 Å². The fourth-order valence-corrected chi connectivity index (χ4v) is 2.19. The highest BCUT2D eigenvalue weighted by Gasteiger charge is 2.16. The molecule has 128 valence electrons. The van der Waals surface area contributed by atoms with E-state index in [4.69, 9.17) is 21.6 Å². The smallest absolute Gasteiger partial charge is 0.265 e. The molecule has 0 aliphatic carbocycles. The van der Waals surface area contributed by atoms with E-state index in [-0.39, 0.29) is 11.8 Å². The number of nitrogens with zero attached hydrogens (tertiary/aromatic N) is 1. The Hall–Kier alpha value is -3.04. The van der Waals surface area contributed by atoms with E-state index >= 15 is 0 Å². The number of carbonyl (C=O) groups is 2. The van der Waals surface area contributed by atoms with E-state index in [0.717, 1.165) is 0 Å². The van der Waals surface area contributed by atoms with Crippen molar-refractivity contribution in [1.29, 1.82) is 5.26 Å². The third kappa shape index (κ3) is 5.23. The Morgan fingerprint density at radius 3 is 2.64 bits per heavy atom. The number of nitriles is 1. The van der Waals surface area contributed by atoms with Gasteiger partial charge in [0.05, 0.1) is 22.3 Å². The van der Waals surface area contributed by atoms with Crippen molar-refractivity contribution in [2.45, 2.75) is 20.0 Å². The van der Waals surface area contributed by atoms with Crippen molar-refractivity contribution in [3.05, 3.63) is 53.1 Å². The Labute approximate surface area is 150 Å². The first kappa shape index (κ1) is 18.3. The molecular weight excluding hydrogens is 342 g/mol. The van der Waals surface area contributed by atoms with Gasteiger partial charge in [0, 0.05) is 12.6 Å². The molecule has 6 nitrogen and oxygen atoms in total. The minimum absolute atomic E-state index is 0.264. The lowest BCUT2D eigenvalue weighted by Gasteiger charge is -2.15. The molecule has 2 aromatic rings. The van der Waals surface area contributed by atoms with Gasteiger partial charge in [-0.25, -0.2) is 0 Å². The fourth-order valence-electron chi connectivity index (χ4n) is 2.03. The number of carbonyl (C=O) groups excluding carboxylic acids is 2. The molecule has 0 radical (unpaired) electrons. The quantitative estimate of drug-likeness (QED) is 0.855. The van der Waals surface area contributed by atoms with Crippen LogP contribution in [0, 0.1) is 11.3 Å². The third-order valence-corrected chi connectivity index (χ3v) is 3.52. The summed E-state index contributed by atoms with van der Waals surface area (Å²) in [4.78, 5) is 23.4. The third-order valence-electron chi connectivity index (χ3n) is 3.19. The summed E-state index contributed by atoms with van der Waals surface area (Å²) in [5, 5.41) is 14.5. The monoisotopic (exact) mass is 357 g/mol. The summed E-state index contributed by atoms with van der Waals surface area (Å²) in [6.45, 7) is 2.96. The Bertz CT molecular complexity index is 846. The van der Waals surface area contributed by atoms with E-state index in [1.54, 1.807) is 49.4 Å². The maximum absolute atomic E-state index is 12.3. The topological polar surface area (TPSA) is 91.2 Å². The maximum atomic E-state index is 12.3. The van der Waals surface area contributed by atoms with E-state index in [9.17, 15) is 9.59 Å². The predicted octanol–water partition coefficient (Wildman–Crippen LogP) is 3.58. The lowest BCUT2D eigenvalue weighted by Crippen LogP contribution is -2.30. The van der Waals surface area contributed by atoms with Gasteiger partial charge in [0.1, 0.15) is 5.75 Å². The summed E-state index contributed by atoms with van der Waals surface area (Å²) in [6.07, 6.45) is -0.783. The van der Waals surface area contributed by atoms with Crippen LogP contribution >= 0.6 is 11.6 Å². The molecule has 0 aliphatic heterocycles. The highest BCUT2D eigenvalue weighted by molar-refractivity contribution is 6.33. The van der Waals surface area contributed by atoms with Gasteiger partial charge in [0.15, 0.2) is 6.10 Å². The molecule has 0 fully saturated rings. The second kappa shape index (κ2) is 8.18. The first-order chi connectivity index (χ1) is 11.9. The van der Waals surface area contributed by atoms with Gasteiger partial charge in [-0.2, -0.15) is 5.26 Å². The Morgan fingerprint density at radius 2 is 1.96 bits per heavy atom. The van der Waals surface area contributed by atoms with Crippen molar-refractivity contribution < 1.29 is 14.3 Å². The number of ether oxygens (including phenoxy) is 1. The molecule has 1 atom stereocenters. The minimum Gasteiger partial charge on any atom is -0.481 e. The highest BCUT2D eigenvalue weighted by Crippen LogP contribution is 2.25. The first-order valence-electron chi connectivity index (χ1n) is 7.44. The molecule has 0 spiro atoms. The molecule has 0 bridgehead atoms. The standard InChI is InChI=1S/C18H16ClN3O3/c1-11(25-15-5-3-4-13(8-15)10-20)18(24)22-14-6-7-16(19)17(9-14)21-12(2)23/h3-9,11H,1-2H3,(H,21,23)(H,22,24). The maximum Gasteiger partial charge on any atom is 0.265 e. The second-order valence-corrected chi connectivity index (χ2v) is 5.67. The molecular formula is C18H16ClN3O3. The predicted molar refractivity (Wildman–Crippen MR) is 95.6 cm³/mol. The van der Waals surface area contributed by atoms with Crippen LogP contribution < -0.4 is 15.4 Å². The van der Waals surface area contributed by atoms with Crippen molar-refractivity contribution in [1.82, 2.24) is 0 Å². The van der Waals surface area contributed by atoms with Gasteiger partial charge in [-0.05, 0) is 43.3 Å². The number of nitrogens with one attached hydrogen (secondary N) is 2. The van der Waals surface area contributed by atoms with Gasteiger partial charge in [0.25, 0.3) is 5.91 Å². The number of halogens is 1. The van der Waals surface area contributed by atoms with Gasteiger partial charge in [-0.3, -0.25) is 9.59 Å². The van der Waals surface area contributed by atoms with Gasteiger partial charge in [-0.15, -0.1) is 0 Å². The van der Waals surface area contributed by atoms with Gasteiger partial charge in [0.2, 0.25) is 5.91 Å². The molecule has 0 saturated heterocycles. The number of anilines is 2. The van der Waals surface area contributed by atoms with Crippen LogP contribution in [-0.2, 0) is 9.59 Å². The van der Waals surface area contributed by atoms with Crippen LogP contribution in [0.4, 0.5) is 11.4 Å². The van der Waals surface area contributed by atoms with Crippen molar-refractivity contribution in [2.24, 2.45) is 0 Å². The zero-order valence-electron chi connectivity index (χ0n) is 13.7. The van der Waals surface area contributed by atoms with Gasteiger partial charge < -0.3 is 15.4 Å². The van der Waals surface area contributed by atoms with Crippen LogP contribution in [0.5, 0.6) is 5.75 Å². The van der Waals surface area contributed by atoms with Crippen LogP contribution in [-0.4, -0.2) is 17.9 Å². The fraction of sp³-hybridized carbons (Fsp3) is 0.167. The SMILES string of the molecule is CC(=O)Nc1cc(NC(=O)C(C)Oc2cccc(C#N)c2)ccc1Cl. The summed E-state index contributed by atoms with van der Waals surface area (Å²) < 4.78 is 5.55. The Kier molecular flexibility index (Phi) is 5.98. The second-order valence-electron chi connectivity index (χ2n) is 5.26. The number of amides is 2. The molecule has 25 heavy (non-hydrogen) atoms. The van der Waals surface area contributed by atoms with E-state index in [1.165, 1.54) is 6.92 Å². The van der Waals surface area contributed by atoms with E-state index in [0.29, 0.717) is 27.7 Å². The van der Waals surface area contributed by atoms with Crippen molar-refractivity contribution in [3.63, 3.8) is 0 Å². The van der Waals surface area contributed by atoms with Crippen LogP contribution in [0.15, 0.2) is 42.5 Å². The molecule has 2 aromatic carbocycles. The molecule has 7 heteroatoms. The van der Waals surface area contributed by atoms with Crippen LogP contribution in [0.1, 0.15) is 19.4 Å². The molecule has 1 unspecified atom stereocenters. The zero-order chi connectivity index (χ0) is 18.4. The first-order valence-corrected chi connectivity index (χ1v) is 7.81. The van der Waals surface area contributed by atoms with Crippen molar-refractivity contribution in [2.75, 3.05) is 10.6 Å². The molecule has 0 aromatic heterocycles. The van der Waals surface area contributed by atoms with Gasteiger partial charge in [-0.1, -0.05) is 17.7 Å². The molecule has 2 N–H and O–H groups in total. The lowest BCUT2D eigenvalue weighted by atomic mass is 10.2. The zero-order valence-corrected chi connectivity index (χ0v) is 14.4. The highest BCUT2D eigenvalue weighted by atomic mass is 35.5. The molecule has 0 aliphatic rings. The summed E-state index contributed by atoms with van der Waals surface area (Å²) in [7, 11) is 0. The Balaban J connectivity index is 2.05. The Morgan fingerprint density at radius 1 is 1.20 bits per heavy atom. The lowest BCUT2D eigenvalue weighted by molar-refractivity contribution is -0.122. The van der Waals surface area contributed by atoms with Gasteiger partial charge >= 0.3 is 0 Å². The van der Waals surface area contributed by atoms with Crippen LogP contribution in [0.25, 0.3) is 0 Å².